The number of nitrogens with zero attached hydrogens (tertiary/aromatic N) is 3. The van der Waals surface area contributed by atoms with Crippen molar-refractivity contribution in [3.63, 3.8) is 0 Å². The molecule has 2 heterocycles. The minimum Gasteiger partial charge on any atom is -0.463 e. The number of esters is 1. The summed E-state index contributed by atoms with van der Waals surface area (Å²) < 4.78 is 8.03. The Morgan fingerprint density at radius 3 is 2.75 bits per heavy atom. The molecule has 2 aromatic rings. The fraction of sp³-hybridized carbons (Fsp3) is 0.353. The number of nitrogens with one attached hydrogen (secondary N) is 1. The number of carbonyl (C=O) groups excluding carboxylic acids is 1. The molecule has 1 aliphatic rings. The molecule has 0 saturated carbocycles. The smallest absolute Gasteiger partial charge is 0.338 e. The van der Waals surface area contributed by atoms with Crippen molar-refractivity contribution in [2.24, 2.45) is 0 Å². The lowest BCUT2D eigenvalue weighted by Gasteiger charge is -2.29. The number of benzene rings is 1. The number of aromatic nitrogens is 3. The van der Waals surface area contributed by atoms with E-state index in [1.54, 1.807) is 4.68 Å². The van der Waals surface area contributed by atoms with Crippen LogP contribution in [0.5, 0.6) is 0 Å². The van der Waals surface area contributed by atoms with E-state index in [-0.39, 0.29) is 12.0 Å². The molecule has 3 rings (SSSR count). The zero-order valence-electron chi connectivity index (χ0n) is 13.6. The van der Waals surface area contributed by atoms with Crippen molar-refractivity contribution < 1.29 is 9.53 Å². The van der Waals surface area contributed by atoms with E-state index < -0.39 is 0 Å². The van der Waals surface area contributed by atoms with Crippen LogP contribution < -0.4 is 5.32 Å². The lowest BCUT2D eigenvalue weighted by molar-refractivity contribution is -0.139. The first kappa shape index (κ1) is 16.7. The fourth-order valence-corrected chi connectivity index (χ4v) is 3.13. The van der Waals surface area contributed by atoms with Gasteiger partial charge in [-0.25, -0.2) is 9.48 Å². The molecule has 1 atom stereocenters. The molecule has 1 aromatic carbocycles. The standard InChI is InChI=1S/C17H19BrN4O2/c1-3-5-13-14(16(23)24-4-2)15(11-6-8-12(18)9-7-11)22-17(21-13)19-10-20-22/h6-10,15H,3-5H2,1-2H3,(H,19,20,21). The number of rotatable bonds is 5. The zero-order chi connectivity index (χ0) is 17.1. The maximum atomic E-state index is 12.7. The second kappa shape index (κ2) is 7.17. The molecule has 0 amide bonds. The van der Waals surface area contributed by atoms with Gasteiger partial charge in [0.25, 0.3) is 0 Å². The molecule has 0 spiro atoms. The highest BCUT2D eigenvalue weighted by molar-refractivity contribution is 9.10. The molecule has 0 fully saturated rings. The van der Waals surface area contributed by atoms with E-state index >= 15 is 0 Å². The molecule has 126 valence electrons. The molecule has 0 bridgehead atoms. The Hall–Kier alpha value is -2.15. The van der Waals surface area contributed by atoms with Gasteiger partial charge in [0.1, 0.15) is 12.4 Å². The van der Waals surface area contributed by atoms with Gasteiger partial charge in [-0.15, -0.1) is 0 Å². The number of fused-ring (bicyclic) bond motifs is 1. The maximum Gasteiger partial charge on any atom is 0.338 e. The van der Waals surface area contributed by atoms with Crippen LogP contribution in [0.3, 0.4) is 0 Å². The number of carbonyl (C=O) groups is 1. The van der Waals surface area contributed by atoms with Crippen LogP contribution in [0, 0.1) is 0 Å². The van der Waals surface area contributed by atoms with Crippen LogP contribution in [-0.4, -0.2) is 27.3 Å². The number of hydrogen-bond donors (Lipinski definition) is 1. The van der Waals surface area contributed by atoms with Crippen molar-refractivity contribution in [2.45, 2.75) is 32.7 Å². The highest BCUT2D eigenvalue weighted by Gasteiger charge is 2.35. The van der Waals surface area contributed by atoms with Crippen LogP contribution in [0.1, 0.15) is 38.3 Å². The van der Waals surface area contributed by atoms with Gasteiger partial charge in [-0.1, -0.05) is 41.4 Å². The topological polar surface area (TPSA) is 69.0 Å². The second-order valence-electron chi connectivity index (χ2n) is 5.47. The average Bonchev–Trinajstić information content (AvgIpc) is 3.03. The summed E-state index contributed by atoms with van der Waals surface area (Å²) >= 11 is 3.45. The largest absolute Gasteiger partial charge is 0.463 e. The van der Waals surface area contributed by atoms with E-state index in [1.807, 2.05) is 31.2 Å². The number of ether oxygens (including phenoxy) is 1. The van der Waals surface area contributed by atoms with E-state index in [1.165, 1.54) is 6.33 Å². The van der Waals surface area contributed by atoms with Gasteiger partial charge in [0.15, 0.2) is 0 Å². The van der Waals surface area contributed by atoms with E-state index in [9.17, 15) is 4.79 Å². The van der Waals surface area contributed by atoms with Gasteiger partial charge in [-0.3, -0.25) is 0 Å². The van der Waals surface area contributed by atoms with Crippen LogP contribution in [0.15, 0.2) is 46.3 Å². The normalized spacial score (nSPS) is 16.5. The summed E-state index contributed by atoms with van der Waals surface area (Å²) in [7, 11) is 0. The molecule has 1 aliphatic heterocycles. The van der Waals surface area contributed by atoms with E-state index in [4.69, 9.17) is 4.74 Å². The molecule has 1 aromatic heterocycles. The van der Waals surface area contributed by atoms with Gasteiger partial charge in [-0.05, 0) is 31.0 Å². The van der Waals surface area contributed by atoms with Crippen molar-refractivity contribution >= 4 is 27.8 Å². The molecule has 6 nitrogen and oxygen atoms in total. The Morgan fingerprint density at radius 1 is 1.33 bits per heavy atom. The van der Waals surface area contributed by atoms with Crippen LogP contribution in [0.2, 0.25) is 0 Å². The van der Waals surface area contributed by atoms with Crippen molar-refractivity contribution in [1.82, 2.24) is 14.8 Å². The first-order valence-corrected chi connectivity index (χ1v) is 8.77. The molecule has 24 heavy (non-hydrogen) atoms. The lowest BCUT2D eigenvalue weighted by Crippen LogP contribution is -2.30. The molecule has 1 unspecified atom stereocenters. The van der Waals surface area contributed by atoms with Gasteiger partial charge < -0.3 is 10.1 Å². The Kier molecular flexibility index (Phi) is 4.99. The van der Waals surface area contributed by atoms with Gasteiger partial charge in [0.05, 0.1) is 12.2 Å². The lowest BCUT2D eigenvalue weighted by atomic mass is 9.94. The van der Waals surface area contributed by atoms with Crippen molar-refractivity contribution in [3.05, 3.63) is 51.9 Å². The molecular weight excluding hydrogens is 372 g/mol. The summed E-state index contributed by atoms with van der Waals surface area (Å²) in [6, 6.07) is 7.52. The first-order chi connectivity index (χ1) is 11.7. The van der Waals surface area contributed by atoms with Crippen LogP contribution in [0.4, 0.5) is 5.95 Å². The third-order valence-electron chi connectivity index (χ3n) is 3.86. The Labute approximate surface area is 149 Å². The first-order valence-electron chi connectivity index (χ1n) is 7.97. The second-order valence-corrected chi connectivity index (χ2v) is 6.39. The Morgan fingerprint density at radius 2 is 2.08 bits per heavy atom. The van der Waals surface area contributed by atoms with Gasteiger partial charge in [-0.2, -0.15) is 10.1 Å². The third kappa shape index (κ3) is 3.08. The van der Waals surface area contributed by atoms with Crippen molar-refractivity contribution in [3.8, 4) is 0 Å². The number of hydrogen-bond acceptors (Lipinski definition) is 5. The molecule has 0 saturated heterocycles. The summed E-state index contributed by atoms with van der Waals surface area (Å²) in [5.74, 6) is 0.321. The number of allylic oxidation sites excluding steroid dienone is 1. The molecule has 7 heteroatoms. The van der Waals surface area contributed by atoms with Crippen LogP contribution in [-0.2, 0) is 9.53 Å². The fourth-order valence-electron chi connectivity index (χ4n) is 2.86. The average molecular weight is 391 g/mol. The van der Waals surface area contributed by atoms with E-state index in [2.05, 4.69) is 38.3 Å². The Balaban J connectivity index is 2.15. The van der Waals surface area contributed by atoms with Crippen molar-refractivity contribution in [2.75, 3.05) is 11.9 Å². The quantitative estimate of drug-likeness (QED) is 0.788. The predicted molar refractivity (Wildman–Crippen MR) is 94.5 cm³/mol. The summed E-state index contributed by atoms with van der Waals surface area (Å²) in [5, 5.41) is 7.55. The number of anilines is 1. The highest BCUT2D eigenvalue weighted by Crippen LogP contribution is 2.36. The summed E-state index contributed by atoms with van der Waals surface area (Å²) in [5.41, 5.74) is 2.41. The van der Waals surface area contributed by atoms with Gasteiger partial charge in [0.2, 0.25) is 5.95 Å². The van der Waals surface area contributed by atoms with Gasteiger partial charge >= 0.3 is 5.97 Å². The van der Waals surface area contributed by atoms with E-state index in [0.717, 1.165) is 28.6 Å². The van der Waals surface area contributed by atoms with Crippen LogP contribution in [0.25, 0.3) is 0 Å². The monoisotopic (exact) mass is 390 g/mol. The zero-order valence-corrected chi connectivity index (χ0v) is 15.2. The van der Waals surface area contributed by atoms with E-state index in [0.29, 0.717) is 18.1 Å². The van der Waals surface area contributed by atoms with Crippen molar-refractivity contribution in [1.29, 1.82) is 0 Å². The minimum absolute atomic E-state index is 0.317. The van der Waals surface area contributed by atoms with Gasteiger partial charge in [0, 0.05) is 10.2 Å². The summed E-state index contributed by atoms with van der Waals surface area (Å²) in [4.78, 5) is 16.9. The number of halogens is 1. The third-order valence-corrected chi connectivity index (χ3v) is 4.39. The molecule has 0 aliphatic carbocycles. The highest BCUT2D eigenvalue weighted by atomic mass is 79.9. The molecule has 0 radical (unpaired) electrons. The summed E-state index contributed by atoms with van der Waals surface area (Å²) in [6.45, 7) is 4.22. The maximum absolute atomic E-state index is 12.7. The summed E-state index contributed by atoms with van der Waals surface area (Å²) in [6.07, 6.45) is 3.15. The Bertz CT molecular complexity index is 767. The SMILES string of the molecule is CCCC1=C(C(=O)OCC)C(c2ccc(Br)cc2)n2ncnc2N1. The molecule has 1 N–H and O–H groups in total. The predicted octanol–water partition coefficient (Wildman–Crippen LogP) is 3.67. The minimum atomic E-state index is -0.350. The molecular formula is C17H19BrN4O2. The van der Waals surface area contributed by atoms with Crippen LogP contribution >= 0.6 is 15.9 Å².